The van der Waals surface area contributed by atoms with Crippen molar-refractivity contribution >= 4 is 10.0 Å². The number of nitrogens with zero attached hydrogens (tertiary/aromatic N) is 2. The molecule has 1 atom stereocenters. The second-order valence-corrected chi connectivity index (χ2v) is 6.82. The molecule has 0 aromatic carbocycles. The highest BCUT2D eigenvalue weighted by molar-refractivity contribution is 7.89. The van der Waals surface area contributed by atoms with Crippen molar-refractivity contribution in [1.82, 2.24) is 14.5 Å². The molecule has 2 N–H and O–H groups in total. The van der Waals surface area contributed by atoms with Crippen LogP contribution in [0.5, 0.6) is 0 Å². The molecule has 1 unspecified atom stereocenters. The van der Waals surface area contributed by atoms with Crippen molar-refractivity contribution in [3.63, 3.8) is 0 Å². The number of aliphatic hydroxyl groups excluding tert-OH is 1. The summed E-state index contributed by atoms with van der Waals surface area (Å²) in [5.41, 5.74) is 0.290. The van der Waals surface area contributed by atoms with Gasteiger partial charge in [-0.1, -0.05) is 13.8 Å². The van der Waals surface area contributed by atoms with Crippen LogP contribution in [0.4, 0.5) is 0 Å². The fourth-order valence-electron chi connectivity index (χ4n) is 1.85. The molecule has 104 valence electrons. The van der Waals surface area contributed by atoms with Crippen LogP contribution >= 0.6 is 0 Å². The van der Waals surface area contributed by atoms with Gasteiger partial charge in [-0.25, -0.2) is 8.42 Å². The molecule has 0 bridgehead atoms. The SMILES string of the molecule is CC(C)CC(C)N(C)S(=O)(=O)c1[nH]ncc1CO. The summed E-state index contributed by atoms with van der Waals surface area (Å²) in [5, 5.41) is 15.2. The maximum Gasteiger partial charge on any atom is 0.260 e. The Labute approximate surface area is 108 Å². The Kier molecular flexibility index (Phi) is 4.89. The third-order valence-corrected chi connectivity index (χ3v) is 4.91. The van der Waals surface area contributed by atoms with E-state index in [9.17, 15) is 8.42 Å². The smallest absolute Gasteiger partial charge is 0.260 e. The topological polar surface area (TPSA) is 86.3 Å². The molecule has 7 heteroatoms. The van der Waals surface area contributed by atoms with Crippen molar-refractivity contribution in [2.24, 2.45) is 5.92 Å². The molecule has 0 radical (unpaired) electrons. The van der Waals surface area contributed by atoms with Gasteiger partial charge in [0.25, 0.3) is 10.0 Å². The summed E-state index contributed by atoms with van der Waals surface area (Å²) in [6, 6.07) is -0.107. The van der Waals surface area contributed by atoms with Gasteiger partial charge in [0.15, 0.2) is 5.03 Å². The Morgan fingerprint density at radius 2 is 2.06 bits per heavy atom. The molecule has 0 aliphatic carbocycles. The lowest BCUT2D eigenvalue weighted by Gasteiger charge is -2.25. The predicted octanol–water partition coefficient (Wildman–Crippen LogP) is 0.957. The van der Waals surface area contributed by atoms with E-state index in [4.69, 9.17) is 5.11 Å². The van der Waals surface area contributed by atoms with E-state index in [1.54, 1.807) is 7.05 Å². The lowest BCUT2D eigenvalue weighted by Crippen LogP contribution is -2.36. The zero-order valence-electron chi connectivity index (χ0n) is 11.2. The Morgan fingerprint density at radius 3 is 2.56 bits per heavy atom. The standard InChI is InChI=1S/C11H21N3O3S/c1-8(2)5-9(3)14(4)18(16,17)11-10(7-15)6-12-13-11/h6,8-9,15H,5,7H2,1-4H3,(H,12,13). The quantitative estimate of drug-likeness (QED) is 0.809. The fraction of sp³-hybridized carbons (Fsp3) is 0.727. The van der Waals surface area contributed by atoms with Gasteiger partial charge in [0.1, 0.15) is 0 Å². The first-order valence-corrected chi connectivity index (χ1v) is 7.35. The van der Waals surface area contributed by atoms with Crippen LogP contribution in [0, 0.1) is 5.92 Å². The molecule has 0 aliphatic rings. The van der Waals surface area contributed by atoms with E-state index in [1.807, 2.05) is 20.8 Å². The first kappa shape index (κ1) is 15.1. The summed E-state index contributed by atoms with van der Waals surface area (Å²) in [6.07, 6.45) is 2.10. The van der Waals surface area contributed by atoms with Crippen LogP contribution < -0.4 is 0 Å². The van der Waals surface area contributed by atoms with Crippen LogP contribution in [0.3, 0.4) is 0 Å². The molecule has 0 spiro atoms. The van der Waals surface area contributed by atoms with Crippen molar-refractivity contribution in [3.8, 4) is 0 Å². The van der Waals surface area contributed by atoms with Gasteiger partial charge >= 0.3 is 0 Å². The summed E-state index contributed by atoms with van der Waals surface area (Å²) in [4.78, 5) is 0. The second kappa shape index (κ2) is 5.81. The van der Waals surface area contributed by atoms with Gasteiger partial charge < -0.3 is 5.11 Å². The van der Waals surface area contributed by atoms with Crippen molar-refractivity contribution in [2.45, 2.75) is 44.9 Å². The number of nitrogens with one attached hydrogen (secondary N) is 1. The summed E-state index contributed by atoms with van der Waals surface area (Å²) >= 11 is 0. The molecule has 1 heterocycles. The molecule has 18 heavy (non-hydrogen) atoms. The summed E-state index contributed by atoms with van der Waals surface area (Å²) in [7, 11) is -2.08. The molecule has 1 aromatic rings. The molecule has 6 nitrogen and oxygen atoms in total. The lowest BCUT2D eigenvalue weighted by molar-refractivity contribution is 0.277. The van der Waals surface area contributed by atoms with E-state index in [2.05, 4.69) is 10.2 Å². The highest BCUT2D eigenvalue weighted by Gasteiger charge is 2.29. The van der Waals surface area contributed by atoms with Crippen LogP contribution in [-0.2, 0) is 16.6 Å². The van der Waals surface area contributed by atoms with Gasteiger partial charge in [-0.2, -0.15) is 9.40 Å². The van der Waals surface area contributed by atoms with Gasteiger partial charge in [0.05, 0.1) is 12.8 Å². The number of aromatic amines is 1. The molecule has 0 saturated carbocycles. The molecule has 1 rings (SSSR count). The third kappa shape index (κ3) is 3.09. The van der Waals surface area contributed by atoms with Gasteiger partial charge in [-0.15, -0.1) is 0 Å². The van der Waals surface area contributed by atoms with Crippen LogP contribution in [0.1, 0.15) is 32.8 Å². The molecule has 0 fully saturated rings. The number of rotatable bonds is 6. The highest BCUT2D eigenvalue weighted by Crippen LogP contribution is 2.20. The number of H-pyrrole nitrogens is 1. The number of sulfonamides is 1. The average molecular weight is 275 g/mol. The first-order chi connectivity index (χ1) is 8.30. The van der Waals surface area contributed by atoms with Gasteiger partial charge in [0, 0.05) is 18.7 Å². The zero-order valence-corrected chi connectivity index (χ0v) is 12.0. The van der Waals surface area contributed by atoms with E-state index in [1.165, 1.54) is 10.5 Å². The third-order valence-electron chi connectivity index (χ3n) is 2.92. The van der Waals surface area contributed by atoms with E-state index in [0.717, 1.165) is 6.42 Å². The van der Waals surface area contributed by atoms with Crippen molar-refractivity contribution in [3.05, 3.63) is 11.8 Å². The number of hydrogen-bond acceptors (Lipinski definition) is 4. The number of hydrogen-bond donors (Lipinski definition) is 2. The van der Waals surface area contributed by atoms with Gasteiger partial charge in [-0.3, -0.25) is 5.10 Å². The van der Waals surface area contributed by atoms with Gasteiger partial charge in [0.2, 0.25) is 0 Å². The first-order valence-electron chi connectivity index (χ1n) is 5.91. The molecular formula is C11H21N3O3S. The summed E-state index contributed by atoms with van der Waals surface area (Å²) < 4.78 is 26.0. The maximum absolute atomic E-state index is 12.3. The van der Waals surface area contributed by atoms with E-state index < -0.39 is 10.0 Å². The molecule has 1 aromatic heterocycles. The Morgan fingerprint density at radius 1 is 1.44 bits per heavy atom. The summed E-state index contributed by atoms with van der Waals surface area (Å²) in [5.74, 6) is 0.414. The monoisotopic (exact) mass is 275 g/mol. The minimum absolute atomic E-state index is 0.0249. The van der Waals surface area contributed by atoms with E-state index in [-0.39, 0.29) is 17.7 Å². The lowest BCUT2D eigenvalue weighted by atomic mass is 10.1. The van der Waals surface area contributed by atoms with Gasteiger partial charge in [-0.05, 0) is 19.3 Å². The predicted molar refractivity (Wildman–Crippen MR) is 68.4 cm³/mol. The molecule has 0 aliphatic heterocycles. The fourth-order valence-corrected chi connectivity index (χ4v) is 3.31. The minimum atomic E-state index is -3.63. The second-order valence-electron chi connectivity index (χ2n) is 4.88. The highest BCUT2D eigenvalue weighted by atomic mass is 32.2. The maximum atomic E-state index is 12.3. The van der Waals surface area contributed by atoms with E-state index >= 15 is 0 Å². The van der Waals surface area contributed by atoms with Crippen LogP contribution in [0.2, 0.25) is 0 Å². The van der Waals surface area contributed by atoms with Crippen LogP contribution in [0.15, 0.2) is 11.2 Å². The number of aliphatic hydroxyl groups is 1. The Bertz CT molecular complexity index is 481. The van der Waals surface area contributed by atoms with Crippen LogP contribution in [-0.4, -0.2) is 41.1 Å². The minimum Gasteiger partial charge on any atom is -0.392 e. The molecular weight excluding hydrogens is 254 g/mol. The summed E-state index contributed by atoms with van der Waals surface area (Å²) in [6.45, 7) is 5.61. The van der Waals surface area contributed by atoms with Crippen molar-refractivity contribution < 1.29 is 13.5 Å². The van der Waals surface area contributed by atoms with Crippen LogP contribution in [0.25, 0.3) is 0 Å². The largest absolute Gasteiger partial charge is 0.392 e. The number of aromatic nitrogens is 2. The molecule has 0 amide bonds. The van der Waals surface area contributed by atoms with E-state index in [0.29, 0.717) is 11.5 Å². The Balaban J connectivity index is 3.00. The zero-order chi connectivity index (χ0) is 13.9. The average Bonchev–Trinajstić information content (AvgIpc) is 2.75. The Hall–Kier alpha value is -0.920. The normalized spacial score (nSPS) is 14.4. The molecule has 0 saturated heterocycles. The van der Waals surface area contributed by atoms with Crippen molar-refractivity contribution in [1.29, 1.82) is 0 Å². The van der Waals surface area contributed by atoms with Crippen molar-refractivity contribution in [2.75, 3.05) is 7.05 Å².